The van der Waals surface area contributed by atoms with E-state index >= 15 is 0 Å². The van der Waals surface area contributed by atoms with E-state index in [1.54, 1.807) is 30.3 Å². The van der Waals surface area contributed by atoms with Crippen LogP contribution >= 0.6 is 15.9 Å². The van der Waals surface area contributed by atoms with Crippen LogP contribution in [-0.4, -0.2) is 27.5 Å². The van der Waals surface area contributed by atoms with Gasteiger partial charge in [0.15, 0.2) is 0 Å². The minimum Gasteiger partial charge on any atom is -0.293 e. The van der Waals surface area contributed by atoms with E-state index in [0.717, 1.165) is 21.4 Å². The van der Waals surface area contributed by atoms with Gasteiger partial charge in [0.05, 0.1) is 18.1 Å². The quantitative estimate of drug-likeness (QED) is 0.792. The monoisotopic (exact) mass is 278 g/mol. The molecule has 0 radical (unpaired) electrons. The maximum Gasteiger partial charge on any atom is 0.0840 e. The molecule has 4 nitrogen and oxygen atoms in total. The molecule has 0 atom stereocenters. The van der Waals surface area contributed by atoms with Crippen molar-refractivity contribution >= 4 is 21.6 Å². The summed E-state index contributed by atoms with van der Waals surface area (Å²) in [4.78, 5) is 8.22. The molecule has 0 saturated carbocycles. The Hall–Kier alpha value is -1.49. The summed E-state index contributed by atoms with van der Waals surface area (Å²) in [6.07, 6.45) is 7.24. The van der Waals surface area contributed by atoms with Crippen molar-refractivity contribution < 1.29 is 0 Å². The normalized spacial score (nSPS) is 11.8. The van der Waals surface area contributed by atoms with E-state index in [0.29, 0.717) is 0 Å². The standard InChI is InChI=1S/C11H11BrN4/c1-8(13-2)9-4-15-16(7-9)11-3-10(12)5-14-6-11/h3-7H,1-2H3/b13-8+. The highest BCUT2D eigenvalue weighted by Gasteiger charge is 2.03. The molecule has 0 unspecified atom stereocenters. The van der Waals surface area contributed by atoms with Crippen LogP contribution < -0.4 is 0 Å². The number of aromatic nitrogens is 3. The van der Waals surface area contributed by atoms with Gasteiger partial charge in [-0.25, -0.2) is 4.68 Å². The Morgan fingerprint density at radius 2 is 2.19 bits per heavy atom. The third-order valence-electron chi connectivity index (χ3n) is 2.29. The van der Waals surface area contributed by atoms with E-state index in [4.69, 9.17) is 0 Å². The van der Waals surface area contributed by atoms with E-state index in [1.165, 1.54) is 0 Å². The molecule has 2 aromatic heterocycles. The zero-order valence-electron chi connectivity index (χ0n) is 9.05. The van der Waals surface area contributed by atoms with E-state index < -0.39 is 0 Å². The minimum atomic E-state index is 0.921. The summed E-state index contributed by atoms with van der Waals surface area (Å²) in [5.74, 6) is 0. The summed E-state index contributed by atoms with van der Waals surface area (Å²) < 4.78 is 2.71. The average molecular weight is 279 g/mol. The van der Waals surface area contributed by atoms with Crippen molar-refractivity contribution in [2.75, 3.05) is 7.05 Å². The molecule has 0 aromatic carbocycles. The van der Waals surface area contributed by atoms with Gasteiger partial charge in [0.1, 0.15) is 0 Å². The largest absolute Gasteiger partial charge is 0.293 e. The molecule has 0 aliphatic rings. The first-order valence-corrected chi connectivity index (χ1v) is 5.59. The van der Waals surface area contributed by atoms with Crippen LogP contribution in [0.2, 0.25) is 0 Å². The minimum absolute atomic E-state index is 0.921. The predicted octanol–water partition coefficient (Wildman–Crippen LogP) is 2.47. The molecule has 2 aromatic rings. The first-order valence-electron chi connectivity index (χ1n) is 4.80. The highest BCUT2D eigenvalue weighted by molar-refractivity contribution is 9.10. The second-order valence-corrected chi connectivity index (χ2v) is 4.26. The van der Waals surface area contributed by atoms with E-state index in [9.17, 15) is 0 Å². The SMILES string of the molecule is C/N=C(\C)c1cnn(-c2cncc(Br)c2)c1. The Balaban J connectivity index is 2.39. The number of rotatable bonds is 2. The van der Waals surface area contributed by atoms with E-state index in [1.807, 2.05) is 19.2 Å². The van der Waals surface area contributed by atoms with Crippen molar-refractivity contribution in [1.82, 2.24) is 14.8 Å². The van der Waals surface area contributed by atoms with Crippen molar-refractivity contribution in [3.63, 3.8) is 0 Å². The zero-order valence-corrected chi connectivity index (χ0v) is 10.6. The summed E-state index contributed by atoms with van der Waals surface area (Å²) in [5.41, 5.74) is 2.90. The molecule has 2 rings (SSSR count). The Kier molecular flexibility index (Phi) is 3.14. The number of halogens is 1. The Morgan fingerprint density at radius 3 is 2.88 bits per heavy atom. The fourth-order valence-corrected chi connectivity index (χ4v) is 1.66. The first kappa shape index (κ1) is 11.0. The number of aliphatic imine (C=N–C) groups is 1. The molecule has 0 aliphatic carbocycles. The van der Waals surface area contributed by atoms with Crippen molar-refractivity contribution in [2.24, 2.45) is 4.99 Å². The number of pyridine rings is 1. The smallest absolute Gasteiger partial charge is 0.0840 e. The molecule has 2 heterocycles. The number of nitrogens with zero attached hydrogens (tertiary/aromatic N) is 4. The van der Waals surface area contributed by atoms with Gasteiger partial charge >= 0.3 is 0 Å². The third kappa shape index (κ3) is 2.19. The molecule has 0 N–H and O–H groups in total. The van der Waals surface area contributed by atoms with Crippen LogP contribution in [0.15, 0.2) is 40.3 Å². The molecule has 82 valence electrons. The van der Waals surface area contributed by atoms with Crippen LogP contribution in [0.4, 0.5) is 0 Å². The maximum atomic E-state index is 4.27. The fraction of sp³-hybridized carbons (Fsp3) is 0.182. The molecule has 16 heavy (non-hydrogen) atoms. The van der Waals surface area contributed by atoms with Gasteiger partial charge in [0.2, 0.25) is 0 Å². The molecule has 0 aliphatic heterocycles. The molecular weight excluding hydrogens is 268 g/mol. The summed E-state index contributed by atoms with van der Waals surface area (Å²) >= 11 is 3.38. The molecule has 0 spiro atoms. The second-order valence-electron chi connectivity index (χ2n) is 3.34. The van der Waals surface area contributed by atoms with Crippen LogP contribution in [0, 0.1) is 0 Å². The molecule has 5 heteroatoms. The second kappa shape index (κ2) is 4.57. The Labute approximate surface area is 102 Å². The predicted molar refractivity (Wildman–Crippen MR) is 67.2 cm³/mol. The van der Waals surface area contributed by atoms with Crippen LogP contribution in [0.25, 0.3) is 5.69 Å². The van der Waals surface area contributed by atoms with Gasteiger partial charge in [0, 0.05) is 35.2 Å². The topological polar surface area (TPSA) is 43.1 Å². The molecule has 0 fully saturated rings. The van der Waals surface area contributed by atoms with Crippen molar-refractivity contribution in [3.05, 3.63) is 40.9 Å². The van der Waals surface area contributed by atoms with Gasteiger partial charge in [-0.15, -0.1) is 0 Å². The molecule has 0 bridgehead atoms. The summed E-state index contributed by atoms with van der Waals surface area (Å²) in [7, 11) is 1.77. The lowest BCUT2D eigenvalue weighted by atomic mass is 10.2. The summed E-state index contributed by atoms with van der Waals surface area (Å²) in [6.45, 7) is 1.96. The van der Waals surface area contributed by atoms with E-state index in [-0.39, 0.29) is 0 Å². The maximum absolute atomic E-state index is 4.27. The fourth-order valence-electron chi connectivity index (χ4n) is 1.31. The van der Waals surface area contributed by atoms with Crippen LogP contribution in [0.1, 0.15) is 12.5 Å². The molecular formula is C11H11BrN4. The van der Waals surface area contributed by atoms with E-state index in [2.05, 4.69) is 31.0 Å². The first-order chi connectivity index (χ1) is 7.70. The Bertz CT molecular complexity index is 530. The van der Waals surface area contributed by atoms with Crippen molar-refractivity contribution in [2.45, 2.75) is 6.92 Å². The highest BCUT2D eigenvalue weighted by atomic mass is 79.9. The molecule has 0 saturated heterocycles. The van der Waals surface area contributed by atoms with Gasteiger partial charge in [-0.3, -0.25) is 9.98 Å². The highest BCUT2D eigenvalue weighted by Crippen LogP contribution is 2.13. The van der Waals surface area contributed by atoms with Crippen LogP contribution in [0.3, 0.4) is 0 Å². The van der Waals surface area contributed by atoms with Gasteiger partial charge in [-0.2, -0.15) is 5.10 Å². The average Bonchev–Trinajstić information content (AvgIpc) is 2.77. The van der Waals surface area contributed by atoms with Gasteiger partial charge in [-0.1, -0.05) is 0 Å². The van der Waals surface area contributed by atoms with Crippen LogP contribution in [-0.2, 0) is 0 Å². The Morgan fingerprint density at radius 1 is 1.38 bits per heavy atom. The summed E-state index contributed by atoms with van der Waals surface area (Å²) in [6, 6.07) is 1.96. The van der Waals surface area contributed by atoms with Crippen molar-refractivity contribution in [1.29, 1.82) is 0 Å². The summed E-state index contributed by atoms with van der Waals surface area (Å²) in [5, 5.41) is 4.27. The lowest BCUT2D eigenvalue weighted by Crippen LogP contribution is -1.95. The van der Waals surface area contributed by atoms with Gasteiger partial charge < -0.3 is 0 Å². The van der Waals surface area contributed by atoms with Crippen molar-refractivity contribution in [3.8, 4) is 5.69 Å². The number of hydrogen-bond acceptors (Lipinski definition) is 3. The number of hydrogen-bond donors (Lipinski definition) is 0. The van der Waals surface area contributed by atoms with Crippen LogP contribution in [0.5, 0.6) is 0 Å². The van der Waals surface area contributed by atoms with Gasteiger partial charge in [0.25, 0.3) is 0 Å². The van der Waals surface area contributed by atoms with Gasteiger partial charge in [-0.05, 0) is 28.9 Å². The lowest BCUT2D eigenvalue weighted by molar-refractivity contribution is 0.872. The lowest BCUT2D eigenvalue weighted by Gasteiger charge is -2.00. The molecule has 0 amide bonds. The zero-order chi connectivity index (χ0) is 11.5. The third-order valence-corrected chi connectivity index (χ3v) is 2.72.